The predicted octanol–water partition coefficient (Wildman–Crippen LogP) is 4.20. The van der Waals surface area contributed by atoms with Gasteiger partial charge in [-0.25, -0.2) is 0 Å². The number of aryl methyl sites for hydroxylation is 1. The molecule has 1 N–H and O–H groups in total. The van der Waals surface area contributed by atoms with Gasteiger partial charge in [0.15, 0.2) is 0 Å². The number of nitrogens with one attached hydrogen (secondary N) is 1. The van der Waals surface area contributed by atoms with Crippen LogP contribution in [0.25, 0.3) is 0 Å². The molecule has 0 saturated heterocycles. The van der Waals surface area contributed by atoms with Crippen LogP contribution >= 0.6 is 0 Å². The maximum Gasteiger partial charge on any atom is 0.139 e. The summed E-state index contributed by atoms with van der Waals surface area (Å²) in [6.45, 7) is 4.36. The lowest BCUT2D eigenvalue weighted by atomic mass is 9.55. The van der Waals surface area contributed by atoms with E-state index in [2.05, 4.69) is 39.2 Å². The normalized spacial score (nSPS) is 30.8. The van der Waals surface area contributed by atoms with Gasteiger partial charge in [-0.1, -0.05) is 13.0 Å². The molecular formula is C26H40NO2+. The standard InChI is InChI=1S/C26H39NO2/c1-26-15-14-22-21-11-9-20(29-17-7-5-4-6-16-27(2)3)18-19(21)8-10-23(22)24(26)12-13-25(26)28/h9,11,18,22-24H,4-8,10,12-17H2,1-3H3/p+1/t22-,23-,24-,26+/m0/s1. The number of benzene rings is 1. The zero-order valence-corrected chi connectivity index (χ0v) is 18.8. The SMILES string of the molecule is C[NH+](C)CCCCCCOc1ccc2c(c1)CC[C@H]1[C@H]2CC[C@@]2(C)C(=O)CC[C@@H]12. The Morgan fingerprint density at radius 2 is 1.90 bits per heavy atom. The summed E-state index contributed by atoms with van der Waals surface area (Å²) in [5, 5.41) is 0. The maximum atomic E-state index is 12.5. The van der Waals surface area contributed by atoms with E-state index in [0.717, 1.165) is 44.5 Å². The van der Waals surface area contributed by atoms with E-state index in [-0.39, 0.29) is 5.41 Å². The lowest BCUT2D eigenvalue weighted by Gasteiger charge is -2.48. The highest BCUT2D eigenvalue weighted by atomic mass is 16.5. The Morgan fingerprint density at radius 1 is 1.07 bits per heavy atom. The van der Waals surface area contributed by atoms with Gasteiger partial charge in [-0.05, 0) is 98.8 Å². The summed E-state index contributed by atoms with van der Waals surface area (Å²) in [6, 6.07) is 6.86. The van der Waals surface area contributed by atoms with E-state index in [1.54, 1.807) is 10.5 Å². The second-order valence-electron chi connectivity index (χ2n) is 10.4. The van der Waals surface area contributed by atoms with E-state index in [9.17, 15) is 4.79 Å². The highest BCUT2D eigenvalue weighted by molar-refractivity contribution is 5.87. The highest BCUT2D eigenvalue weighted by Gasteiger charge is 2.54. The lowest BCUT2D eigenvalue weighted by Crippen LogP contribution is -3.05. The topological polar surface area (TPSA) is 30.7 Å². The Hall–Kier alpha value is -1.35. The van der Waals surface area contributed by atoms with Gasteiger partial charge < -0.3 is 9.64 Å². The fourth-order valence-corrected chi connectivity index (χ4v) is 6.54. The van der Waals surface area contributed by atoms with Gasteiger partial charge >= 0.3 is 0 Å². The molecule has 4 rings (SSSR count). The average molecular weight is 399 g/mol. The number of hydrogen-bond acceptors (Lipinski definition) is 2. The van der Waals surface area contributed by atoms with E-state index < -0.39 is 0 Å². The molecule has 1 aromatic rings. The predicted molar refractivity (Wildman–Crippen MR) is 118 cm³/mol. The molecule has 0 heterocycles. The van der Waals surface area contributed by atoms with E-state index in [1.807, 2.05) is 0 Å². The molecule has 4 atom stereocenters. The van der Waals surface area contributed by atoms with Crippen molar-refractivity contribution in [3.63, 3.8) is 0 Å². The number of carbonyl (C=O) groups excluding carboxylic acids is 1. The molecule has 3 nitrogen and oxygen atoms in total. The van der Waals surface area contributed by atoms with Crippen molar-refractivity contribution in [1.29, 1.82) is 0 Å². The van der Waals surface area contributed by atoms with Gasteiger partial charge in [0.2, 0.25) is 0 Å². The quantitative estimate of drug-likeness (QED) is 0.666. The molecule has 3 heteroatoms. The zero-order valence-electron chi connectivity index (χ0n) is 18.8. The zero-order chi connectivity index (χ0) is 20.4. The van der Waals surface area contributed by atoms with Crippen LogP contribution in [0.2, 0.25) is 0 Å². The molecule has 160 valence electrons. The number of fused-ring (bicyclic) bond motifs is 5. The number of ketones is 1. The number of ether oxygens (including phenoxy) is 1. The number of quaternary nitrogens is 1. The fraction of sp³-hybridized carbons (Fsp3) is 0.731. The van der Waals surface area contributed by atoms with E-state index >= 15 is 0 Å². The van der Waals surface area contributed by atoms with Crippen molar-refractivity contribution in [2.24, 2.45) is 17.3 Å². The molecule has 2 saturated carbocycles. The van der Waals surface area contributed by atoms with Crippen LogP contribution in [0.3, 0.4) is 0 Å². The first-order valence-corrected chi connectivity index (χ1v) is 12.1. The maximum absolute atomic E-state index is 12.5. The molecular weight excluding hydrogens is 358 g/mol. The van der Waals surface area contributed by atoms with Gasteiger partial charge in [0.1, 0.15) is 11.5 Å². The van der Waals surface area contributed by atoms with Crippen molar-refractivity contribution in [2.75, 3.05) is 27.2 Å². The van der Waals surface area contributed by atoms with Crippen LogP contribution in [0.5, 0.6) is 5.75 Å². The monoisotopic (exact) mass is 398 g/mol. The van der Waals surface area contributed by atoms with Crippen LogP contribution < -0.4 is 9.64 Å². The van der Waals surface area contributed by atoms with Crippen molar-refractivity contribution in [2.45, 2.75) is 77.0 Å². The van der Waals surface area contributed by atoms with Crippen LogP contribution in [0.15, 0.2) is 18.2 Å². The highest BCUT2D eigenvalue weighted by Crippen LogP contribution is 2.59. The smallest absolute Gasteiger partial charge is 0.139 e. The van der Waals surface area contributed by atoms with E-state index in [1.165, 1.54) is 44.2 Å². The van der Waals surface area contributed by atoms with Crippen LogP contribution in [0.4, 0.5) is 0 Å². The molecule has 29 heavy (non-hydrogen) atoms. The molecule has 0 aliphatic heterocycles. The summed E-state index contributed by atoms with van der Waals surface area (Å²) in [5.41, 5.74) is 3.04. The molecule has 2 fully saturated rings. The third-order valence-corrected chi connectivity index (χ3v) is 8.25. The minimum absolute atomic E-state index is 0.0183. The number of unbranched alkanes of at least 4 members (excludes halogenated alkanes) is 3. The molecule has 1 aromatic carbocycles. The van der Waals surface area contributed by atoms with Gasteiger partial charge in [0, 0.05) is 11.8 Å². The summed E-state index contributed by atoms with van der Waals surface area (Å²) >= 11 is 0. The number of rotatable bonds is 8. The minimum Gasteiger partial charge on any atom is -0.494 e. The Labute approximate surface area is 177 Å². The van der Waals surface area contributed by atoms with Crippen LogP contribution in [0.1, 0.15) is 81.8 Å². The summed E-state index contributed by atoms with van der Waals surface area (Å²) in [4.78, 5) is 14.0. The molecule has 0 amide bonds. The van der Waals surface area contributed by atoms with Gasteiger partial charge in [-0.15, -0.1) is 0 Å². The van der Waals surface area contributed by atoms with Crippen molar-refractivity contribution < 1.29 is 14.4 Å². The van der Waals surface area contributed by atoms with Gasteiger partial charge in [0.25, 0.3) is 0 Å². The summed E-state index contributed by atoms with van der Waals surface area (Å²) in [7, 11) is 4.45. The Kier molecular flexibility index (Phi) is 6.34. The largest absolute Gasteiger partial charge is 0.494 e. The summed E-state index contributed by atoms with van der Waals surface area (Å²) < 4.78 is 6.09. The van der Waals surface area contributed by atoms with Crippen molar-refractivity contribution in [3.8, 4) is 5.75 Å². The summed E-state index contributed by atoms with van der Waals surface area (Å²) in [5.74, 6) is 3.58. The van der Waals surface area contributed by atoms with Crippen molar-refractivity contribution in [3.05, 3.63) is 29.3 Å². The van der Waals surface area contributed by atoms with Gasteiger partial charge in [0.05, 0.1) is 27.2 Å². The molecule has 0 spiro atoms. The van der Waals surface area contributed by atoms with Crippen LogP contribution in [-0.4, -0.2) is 33.0 Å². The van der Waals surface area contributed by atoms with Crippen molar-refractivity contribution in [1.82, 2.24) is 0 Å². The van der Waals surface area contributed by atoms with Crippen molar-refractivity contribution >= 4 is 5.78 Å². The molecule has 3 aliphatic rings. The van der Waals surface area contributed by atoms with E-state index in [0.29, 0.717) is 23.5 Å². The van der Waals surface area contributed by atoms with Crippen LogP contribution in [0, 0.1) is 17.3 Å². The minimum atomic E-state index is -0.0183. The average Bonchev–Trinajstić information content (AvgIpc) is 3.01. The Bertz CT molecular complexity index is 727. The number of Topliss-reactive ketones (excluding diaryl/α,β-unsaturated/α-hetero) is 1. The second kappa shape index (κ2) is 8.79. The first-order chi connectivity index (χ1) is 14.0. The van der Waals surface area contributed by atoms with Gasteiger partial charge in [-0.3, -0.25) is 4.79 Å². The molecule has 0 unspecified atom stereocenters. The van der Waals surface area contributed by atoms with E-state index in [4.69, 9.17) is 4.74 Å². The Morgan fingerprint density at radius 3 is 2.72 bits per heavy atom. The lowest BCUT2D eigenvalue weighted by molar-refractivity contribution is -0.858. The van der Waals surface area contributed by atoms with Gasteiger partial charge in [-0.2, -0.15) is 0 Å². The molecule has 0 bridgehead atoms. The Balaban J connectivity index is 1.31. The number of carbonyl (C=O) groups is 1. The summed E-state index contributed by atoms with van der Waals surface area (Å²) in [6.07, 6.45) is 11.7. The molecule has 0 radical (unpaired) electrons. The third kappa shape index (κ3) is 4.26. The first kappa shape index (κ1) is 20.9. The number of hydrogen-bond donors (Lipinski definition) is 1. The second-order valence-corrected chi connectivity index (χ2v) is 10.4. The third-order valence-electron chi connectivity index (χ3n) is 8.25. The van der Waals surface area contributed by atoms with Crippen LogP contribution in [-0.2, 0) is 11.2 Å². The molecule has 0 aromatic heterocycles. The fourth-order valence-electron chi connectivity index (χ4n) is 6.54. The molecule has 3 aliphatic carbocycles. The first-order valence-electron chi connectivity index (χ1n) is 12.1.